The molecule has 1 aromatic rings. The van der Waals surface area contributed by atoms with E-state index in [0.29, 0.717) is 19.4 Å². The van der Waals surface area contributed by atoms with Crippen LogP contribution in [0.5, 0.6) is 0 Å². The van der Waals surface area contributed by atoms with Gasteiger partial charge in [-0.05, 0) is 24.8 Å². The summed E-state index contributed by atoms with van der Waals surface area (Å²) in [7, 11) is 0. The molecule has 1 atom stereocenters. The van der Waals surface area contributed by atoms with E-state index in [2.05, 4.69) is 10.6 Å². The monoisotopic (exact) mass is 278 g/mol. The molecule has 0 aromatic heterocycles. The average molecular weight is 278 g/mol. The molecule has 5 heteroatoms. The number of urea groups is 1. The van der Waals surface area contributed by atoms with Crippen LogP contribution in [-0.2, 0) is 11.2 Å². The quantitative estimate of drug-likeness (QED) is 0.638. The van der Waals surface area contributed by atoms with Crippen LogP contribution >= 0.6 is 0 Å². The molecule has 0 bridgehead atoms. The van der Waals surface area contributed by atoms with Gasteiger partial charge in [0.15, 0.2) is 0 Å². The zero-order valence-electron chi connectivity index (χ0n) is 11.8. The summed E-state index contributed by atoms with van der Waals surface area (Å²) >= 11 is 0. The summed E-state index contributed by atoms with van der Waals surface area (Å²) in [5, 5.41) is 14.1. The van der Waals surface area contributed by atoms with Crippen molar-refractivity contribution in [2.75, 3.05) is 6.54 Å². The van der Waals surface area contributed by atoms with Gasteiger partial charge in [-0.3, -0.25) is 0 Å². The fourth-order valence-corrected chi connectivity index (χ4v) is 1.89. The number of hydrogen-bond acceptors (Lipinski definition) is 2. The number of amides is 2. The highest BCUT2D eigenvalue weighted by Crippen LogP contribution is 2.01. The first-order chi connectivity index (χ1) is 9.63. The van der Waals surface area contributed by atoms with Gasteiger partial charge in [-0.1, -0.05) is 43.7 Å². The summed E-state index contributed by atoms with van der Waals surface area (Å²) in [6.07, 6.45) is 2.86. The first-order valence-electron chi connectivity index (χ1n) is 6.94. The Bertz CT molecular complexity index is 420. The second-order valence-corrected chi connectivity index (χ2v) is 4.67. The van der Waals surface area contributed by atoms with Gasteiger partial charge in [0.2, 0.25) is 0 Å². The van der Waals surface area contributed by atoms with Crippen LogP contribution in [0, 0.1) is 0 Å². The number of carboxylic acid groups (broad SMARTS) is 1. The maximum atomic E-state index is 11.6. The number of carbonyl (C=O) groups is 2. The maximum absolute atomic E-state index is 11.6. The smallest absolute Gasteiger partial charge is 0.326 e. The molecule has 5 nitrogen and oxygen atoms in total. The number of rotatable bonds is 8. The molecule has 0 fully saturated rings. The molecule has 1 unspecified atom stereocenters. The zero-order chi connectivity index (χ0) is 14.8. The molecule has 0 saturated heterocycles. The molecule has 0 heterocycles. The van der Waals surface area contributed by atoms with Crippen LogP contribution in [0.4, 0.5) is 4.79 Å². The Morgan fingerprint density at radius 3 is 2.55 bits per heavy atom. The molecule has 0 aliphatic rings. The van der Waals surface area contributed by atoms with Crippen LogP contribution in [0.25, 0.3) is 0 Å². The number of nitrogens with one attached hydrogen (secondary N) is 2. The van der Waals surface area contributed by atoms with Crippen LogP contribution in [-0.4, -0.2) is 29.7 Å². The van der Waals surface area contributed by atoms with E-state index >= 15 is 0 Å². The summed E-state index contributed by atoms with van der Waals surface area (Å²) in [5.74, 6) is -0.994. The van der Waals surface area contributed by atoms with E-state index in [1.807, 2.05) is 37.3 Å². The maximum Gasteiger partial charge on any atom is 0.326 e. The topological polar surface area (TPSA) is 78.4 Å². The molecule has 0 spiro atoms. The molecule has 0 aliphatic carbocycles. The van der Waals surface area contributed by atoms with Gasteiger partial charge in [0.1, 0.15) is 6.04 Å². The Kier molecular flexibility index (Phi) is 7.17. The number of hydrogen-bond donors (Lipinski definition) is 3. The average Bonchev–Trinajstić information content (AvgIpc) is 2.44. The molecular weight excluding hydrogens is 256 g/mol. The Hall–Kier alpha value is -2.04. The van der Waals surface area contributed by atoms with Crippen LogP contribution in [0.2, 0.25) is 0 Å². The second kappa shape index (κ2) is 8.96. The fraction of sp³-hybridized carbons (Fsp3) is 0.467. The van der Waals surface area contributed by atoms with E-state index in [9.17, 15) is 9.59 Å². The van der Waals surface area contributed by atoms with Gasteiger partial charge in [0, 0.05) is 6.54 Å². The molecular formula is C15H22N2O3. The van der Waals surface area contributed by atoms with Crippen molar-refractivity contribution in [2.24, 2.45) is 0 Å². The van der Waals surface area contributed by atoms with Crippen LogP contribution < -0.4 is 10.6 Å². The van der Waals surface area contributed by atoms with Gasteiger partial charge < -0.3 is 15.7 Å². The summed E-state index contributed by atoms with van der Waals surface area (Å²) in [6, 6.07) is 8.79. The minimum absolute atomic E-state index is 0.418. The summed E-state index contributed by atoms with van der Waals surface area (Å²) in [5.41, 5.74) is 1.23. The molecule has 110 valence electrons. The Morgan fingerprint density at radius 1 is 1.25 bits per heavy atom. The molecule has 0 radical (unpaired) electrons. The van der Waals surface area contributed by atoms with Gasteiger partial charge in [0.05, 0.1) is 0 Å². The Labute approximate surface area is 119 Å². The minimum Gasteiger partial charge on any atom is -0.480 e. The summed E-state index contributed by atoms with van der Waals surface area (Å²) in [6.45, 7) is 2.41. The highest BCUT2D eigenvalue weighted by molar-refractivity contribution is 5.82. The van der Waals surface area contributed by atoms with Gasteiger partial charge in [-0.25, -0.2) is 9.59 Å². The number of aliphatic carboxylic acids is 1. The van der Waals surface area contributed by atoms with Crippen LogP contribution in [0.1, 0.15) is 31.7 Å². The van der Waals surface area contributed by atoms with E-state index in [-0.39, 0.29) is 0 Å². The standard InChI is InChI=1S/C15H22N2O3/c1-2-7-13(14(18)19)17-15(20)16-11-6-10-12-8-4-3-5-9-12/h3-5,8-9,13H,2,6-7,10-11H2,1H3,(H,18,19)(H2,16,17,20). The van der Waals surface area contributed by atoms with Gasteiger partial charge in [0.25, 0.3) is 0 Å². The molecule has 0 saturated carbocycles. The van der Waals surface area contributed by atoms with Crippen LogP contribution in [0.15, 0.2) is 30.3 Å². The lowest BCUT2D eigenvalue weighted by atomic mass is 10.1. The lowest BCUT2D eigenvalue weighted by molar-refractivity contribution is -0.139. The lowest BCUT2D eigenvalue weighted by Gasteiger charge is -2.14. The fourth-order valence-electron chi connectivity index (χ4n) is 1.89. The molecule has 3 N–H and O–H groups in total. The molecule has 1 aromatic carbocycles. The highest BCUT2D eigenvalue weighted by Gasteiger charge is 2.18. The zero-order valence-corrected chi connectivity index (χ0v) is 11.8. The number of aryl methyl sites for hydroxylation is 1. The van der Waals surface area contributed by atoms with E-state index in [1.165, 1.54) is 5.56 Å². The van der Waals surface area contributed by atoms with E-state index in [1.54, 1.807) is 0 Å². The van der Waals surface area contributed by atoms with Crippen molar-refractivity contribution < 1.29 is 14.7 Å². The van der Waals surface area contributed by atoms with Crippen molar-refractivity contribution in [2.45, 2.75) is 38.6 Å². The van der Waals surface area contributed by atoms with E-state index < -0.39 is 18.0 Å². The van der Waals surface area contributed by atoms with Gasteiger partial charge >= 0.3 is 12.0 Å². The second-order valence-electron chi connectivity index (χ2n) is 4.67. The normalized spacial score (nSPS) is 11.7. The molecule has 1 rings (SSSR count). The van der Waals surface area contributed by atoms with Crippen molar-refractivity contribution in [3.63, 3.8) is 0 Å². The van der Waals surface area contributed by atoms with Gasteiger partial charge in [-0.15, -0.1) is 0 Å². The van der Waals surface area contributed by atoms with E-state index in [4.69, 9.17) is 5.11 Å². The van der Waals surface area contributed by atoms with Crippen molar-refractivity contribution >= 4 is 12.0 Å². The number of carbonyl (C=O) groups excluding carboxylic acids is 1. The Balaban J connectivity index is 2.21. The summed E-state index contributed by atoms with van der Waals surface area (Å²) in [4.78, 5) is 22.5. The highest BCUT2D eigenvalue weighted by atomic mass is 16.4. The first-order valence-corrected chi connectivity index (χ1v) is 6.94. The molecule has 2 amide bonds. The lowest BCUT2D eigenvalue weighted by Crippen LogP contribution is -2.46. The summed E-state index contributed by atoms with van der Waals surface area (Å²) < 4.78 is 0. The largest absolute Gasteiger partial charge is 0.480 e. The van der Waals surface area contributed by atoms with Crippen LogP contribution in [0.3, 0.4) is 0 Å². The Morgan fingerprint density at radius 2 is 1.95 bits per heavy atom. The number of carboxylic acids is 1. The third-order valence-corrected chi connectivity index (χ3v) is 2.95. The first kappa shape index (κ1) is 16.0. The van der Waals surface area contributed by atoms with Crippen molar-refractivity contribution in [3.05, 3.63) is 35.9 Å². The minimum atomic E-state index is -0.994. The van der Waals surface area contributed by atoms with Gasteiger partial charge in [-0.2, -0.15) is 0 Å². The third kappa shape index (κ3) is 6.22. The van der Waals surface area contributed by atoms with E-state index in [0.717, 1.165) is 12.8 Å². The van der Waals surface area contributed by atoms with Crippen molar-refractivity contribution in [1.29, 1.82) is 0 Å². The predicted molar refractivity (Wildman–Crippen MR) is 77.6 cm³/mol. The third-order valence-electron chi connectivity index (χ3n) is 2.95. The predicted octanol–water partition coefficient (Wildman–Crippen LogP) is 2.17. The molecule has 0 aliphatic heterocycles. The van der Waals surface area contributed by atoms with Crippen molar-refractivity contribution in [1.82, 2.24) is 10.6 Å². The van der Waals surface area contributed by atoms with Crippen molar-refractivity contribution in [3.8, 4) is 0 Å². The molecule has 20 heavy (non-hydrogen) atoms. The number of benzene rings is 1. The SMILES string of the molecule is CCCC(NC(=O)NCCCc1ccccc1)C(=O)O.